The van der Waals surface area contributed by atoms with E-state index in [4.69, 9.17) is 4.74 Å². The van der Waals surface area contributed by atoms with Crippen LogP contribution in [0.25, 0.3) is 0 Å². The quantitative estimate of drug-likeness (QED) is 0.893. The van der Waals surface area contributed by atoms with E-state index in [0.717, 1.165) is 25.7 Å². The van der Waals surface area contributed by atoms with E-state index in [1.807, 2.05) is 6.92 Å². The first-order valence-corrected chi connectivity index (χ1v) is 9.01. The summed E-state index contributed by atoms with van der Waals surface area (Å²) in [6.45, 7) is 1.98. The van der Waals surface area contributed by atoms with Gasteiger partial charge in [-0.15, -0.1) is 0 Å². The van der Waals surface area contributed by atoms with Gasteiger partial charge in [0.2, 0.25) is 10.0 Å². The van der Waals surface area contributed by atoms with E-state index >= 15 is 0 Å². The second-order valence-corrected chi connectivity index (χ2v) is 8.09. The van der Waals surface area contributed by atoms with Gasteiger partial charge in [0.25, 0.3) is 0 Å². The predicted octanol–water partition coefficient (Wildman–Crippen LogP) is 3.46. The molecule has 1 aliphatic carbocycles. The first-order valence-electron chi connectivity index (χ1n) is 6.74. The summed E-state index contributed by atoms with van der Waals surface area (Å²) in [5.41, 5.74) is -0.357. The number of ether oxygens (including phenoxy) is 1. The highest BCUT2D eigenvalue weighted by Crippen LogP contribution is 2.32. The van der Waals surface area contributed by atoms with Gasteiger partial charge in [-0.2, -0.15) is 0 Å². The Labute approximate surface area is 129 Å². The molecule has 0 atom stereocenters. The maximum Gasteiger partial charge on any atom is 0.244 e. The molecule has 0 unspecified atom stereocenters. The maximum atomic E-state index is 12.6. The Balaban J connectivity index is 2.32. The molecular weight excluding hydrogens is 342 g/mol. The summed E-state index contributed by atoms with van der Waals surface area (Å²) in [6, 6.07) is 5.00. The highest BCUT2D eigenvalue weighted by molar-refractivity contribution is 9.10. The Kier molecular flexibility index (Phi) is 4.76. The molecule has 0 spiro atoms. The summed E-state index contributed by atoms with van der Waals surface area (Å²) in [4.78, 5) is 0.182. The first kappa shape index (κ1) is 15.8. The molecule has 1 fully saturated rings. The lowest BCUT2D eigenvalue weighted by atomic mass is 9.84. The number of sulfonamides is 1. The number of methoxy groups -OCH3 is 1. The fourth-order valence-corrected chi connectivity index (χ4v) is 4.85. The zero-order chi connectivity index (χ0) is 14.8. The Morgan fingerprint density at radius 1 is 1.25 bits per heavy atom. The lowest BCUT2D eigenvalue weighted by Crippen LogP contribution is -2.47. The topological polar surface area (TPSA) is 55.4 Å². The Morgan fingerprint density at radius 2 is 1.90 bits per heavy atom. The third-order valence-electron chi connectivity index (χ3n) is 3.75. The number of hydrogen-bond donors (Lipinski definition) is 1. The molecule has 1 aromatic rings. The van der Waals surface area contributed by atoms with Crippen LogP contribution >= 0.6 is 15.9 Å². The van der Waals surface area contributed by atoms with Crippen LogP contribution in [-0.2, 0) is 10.0 Å². The van der Waals surface area contributed by atoms with Crippen molar-refractivity contribution in [2.24, 2.45) is 0 Å². The van der Waals surface area contributed by atoms with E-state index in [1.54, 1.807) is 18.2 Å². The van der Waals surface area contributed by atoms with Crippen LogP contribution in [0, 0.1) is 0 Å². The van der Waals surface area contributed by atoms with E-state index in [2.05, 4.69) is 20.7 Å². The van der Waals surface area contributed by atoms with Gasteiger partial charge >= 0.3 is 0 Å². The summed E-state index contributed by atoms with van der Waals surface area (Å²) in [6.07, 6.45) is 5.06. The molecule has 6 heteroatoms. The van der Waals surface area contributed by atoms with Gasteiger partial charge in [-0.05, 0) is 38.0 Å². The Morgan fingerprint density at radius 3 is 2.50 bits per heavy atom. The SMILES string of the molecule is COc1ccc(Br)cc1S(=O)(=O)NC1(C)CCCCC1. The Bertz CT molecular complexity index is 580. The highest BCUT2D eigenvalue weighted by Gasteiger charge is 2.33. The van der Waals surface area contributed by atoms with Crippen molar-refractivity contribution in [1.82, 2.24) is 4.72 Å². The van der Waals surface area contributed by atoms with E-state index in [0.29, 0.717) is 10.2 Å². The molecule has 112 valence electrons. The number of nitrogens with one attached hydrogen (secondary N) is 1. The molecule has 4 nitrogen and oxygen atoms in total. The van der Waals surface area contributed by atoms with E-state index < -0.39 is 10.0 Å². The molecular formula is C14H20BrNO3S. The standard InChI is InChI=1S/C14H20BrNO3S/c1-14(8-4-3-5-9-14)16-20(17,18)13-10-11(15)6-7-12(13)19-2/h6-7,10,16H,3-5,8-9H2,1-2H3. The molecule has 0 aliphatic heterocycles. The van der Waals surface area contributed by atoms with Gasteiger partial charge in [0, 0.05) is 10.0 Å². The van der Waals surface area contributed by atoms with Crippen molar-refractivity contribution < 1.29 is 13.2 Å². The fourth-order valence-electron chi connectivity index (χ4n) is 2.67. The zero-order valence-electron chi connectivity index (χ0n) is 11.8. The molecule has 0 aromatic heterocycles. The maximum absolute atomic E-state index is 12.6. The van der Waals surface area contributed by atoms with Crippen LogP contribution in [0.1, 0.15) is 39.0 Å². The van der Waals surface area contributed by atoms with E-state index in [-0.39, 0.29) is 10.4 Å². The van der Waals surface area contributed by atoms with Gasteiger partial charge in [0.15, 0.2) is 0 Å². The summed E-state index contributed by atoms with van der Waals surface area (Å²) in [5.74, 6) is 0.361. The van der Waals surface area contributed by atoms with Gasteiger partial charge in [-0.1, -0.05) is 35.2 Å². The monoisotopic (exact) mass is 361 g/mol. The third-order valence-corrected chi connectivity index (χ3v) is 5.91. The summed E-state index contributed by atoms with van der Waals surface area (Å²) in [5, 5.41) is 0. The smallest absolute Gasteiger partial charge is 0.244 e. The van der Waals surface area contributed by atoms with Crippen molar-refractivity contribution in [3.05, 3.63) is 22.7 Å². The third kappa shape index (κ3) is 3.54. The number of halogens is 1. The number of hydrogen-bond acceptors (Lipinski definition) is 3. The number of rotatable bonds is 4. The molecule has 0 bridgehead atoms. The average molecular weight is 362 g/mol. The summed E-state index contributed by atoms with van der Waals surface area (Å²) < 4.78 is 34.0. The second kappa shape index (κ2) is 6.03. The largest absolute Gasteiger partial charge is 0.495 e. The first-order chi connectivity index (χ1) is 9.36. The zero-order valence-corrected chi connectivity index (χ0v) is 14.2. The minimum Gasteiger partial charge on any atom is -0.495 e. The molecule has 1 aliphatic rings. The predicted molar refractivity (Wildman–Crippen MR) is 82.5 cm³/mol. The van der Waals surface area contributed by atoms with Crippen molar-refractivity contribution in [3.8, 4) is 5.75 Å². The van der Waals surface area contributed by atoms with Crippen LogP contribution in [0.2, 0.25) is 0 Å². The van der Waals surface area contributed by atoms with Crippen LogP contribution in [0.4, 0.5) is 0 Å². The lowest BCUT2D eigenvalue weighted by molar-refractivity contribution is 0.293. The van der Waals surface area contributed by atoms with Crippen LogP contribution < -0.4 is 9.46 Å². The molecule has 0 radical (unpaired) electrons. The molecule has 2 rings (SSSR count). The molecule has 1 saturated carbocycles. The van der Waals surface area contributed by atoms with Crippen molar-refractivity contribution in [2.45, 2.75) is 49.5 Å². The molecule has 0 amide bonds. The van der Waals surface area contributed by atoms with Crippen LogP contribution in [0.5, 0.6) is 5.75 Å². The average Bonchev–Trinajstić information content (AvgIpc) is 2.38. The van der Waals surface area contributed by atoms with E-state index in [1.165, 1.54) is 13.5 Å². The number of benzene rings is 1. The molecule has 1 aromatic carbocycles. The van der Waals surface area contributed by atoms with Crippen LogP contribution in [-0.4, -0.2) is 21.1 Å². The summed E-state index contributed by atoms with van der Waals surface area (Å²) in [7, 11) is -2.11. The van der Waals surface area contributed by atoms with Crippen LogP contribution in [0.15, 0.2) is 27.6 Å². The van der Waals surface area contributed by atoms with Gasteiger partial charge in [0.05, 0.1) is 7.11 Å². The minimum atomic E-state index is -3.59. The van der Waals surface area contributed by atoms with Crippen molar-refractivity contribution >= 4 is 26.0 Å². The second-order valence-electron chi connectivity index (χ2n) is 5.52. The van der Waals surface area contributed by atoms with Gasteiger partial charge in [-0.3, -0.25) is 0 Å². The van der Waals surface area contributed by atoms with Gasteiger partial charge in [-0.25, -0.2) is 13.1 Å². The van der Waals surface area contributed by atoms with Crippen molar-refractivity contribution in [2.75, 3.05) is 7.11 Å². The fraction of sp³-hybridized carbons (Fsp3) is 0.571. The van der Waals surface area contributed by atoms with Crippen LogP contribution in [0.3, 0.4) is 0 Å². The molecule has 1 N–H and O–H groups in total. The molecule has 20 heavy (non-hydrogen) atoms. The van der Waals surface area contributed by atoms with E-state index in [9.17, 15) is 8.42 Å². The van der Waals surface area contributed by atoms with Gasteiger partial charge in [0.1, 0.15) is 10.6 Å². The normalized spacial score (nSPS) is 18.8. The molecule has 0 heterocycles. The lowest BCUT2D eigenvalue weighted by Gasteiger charge is -2.34. The highest BCUT2D eigenvalue weighted by atomic mass is 79.9. The van der Waals surface area contributed by atoms with Crippen molar-refractivity contribution in [1.29, 1.82) is 0 Å². The minimum absolute atomic E-state index is 0.182. The molecule has 0 saturated heterocycles. The van der Waals surface area contributed by atoms with Crippen molar-refractivity contribution in [3.63, 3.8) is 0 Å². The Hall–Kier alpha value is -0.590. The van der Waals surface area contributed by atoms with Gasteiger partial charge < -0.3 is 4.74 Å². The summed E-state index contributed by atoms with van der Waals surface area (Å²) >= 11 is 3.31.